The van der Waals surface area contributed by atoms with E-state index in [2.05, 4.69) is 4.90 Å². The molecule has 1 saturated heterocycles. The number of aliphatic carboxylic acids is 1. The highest BCUT2D eigenvalue weighted by molar-refractivity contribution is 5.80. The molecular formula is C18H25NO3. The monoisotopic (exact) mass is 303 g/mol. The Bertz CT molecular complexity index is 541. The molecule has 0 amide bonds. The highest BCUT2D eigenvalue weighted by Crippen LogP contribution is 2.52. The van der Waals surface area contributed by atoms with Gasteiger partial charge < -0.3 is 15.1 Å². The van der Waals surface area contributed by atoms with E-state index in [9.17, 15) is 15.0 Å². The number of aliphatic hydroxyl groups is 1. The molecule has 4 heteroatoms. The van der Waals surface area contributed by atoms with E-state index in [1.165, 1.54) is 12.8 Å². The fraction of sp³-hybridized carbons (Fsp3) is 0.611. The molecule has 120 valence electrons. The third kappa shape index (κ3) is 2.34. The molecule has 22 heavy (non-hydrogen) atoms. The smallest absolute Gasteiger partial charge is 0.340 e. The molecule has 2 fully saturated rings. The number of rotatable bonds is 4. The molecule has 1 heterocycles. The van der Waals surface area contributed by atoms with Crippen LogP contribution in [0.1, 0.15) is 44.6 Å². The van der Waals surface area contributed by atoms with Gasteiger partial charge in [-0.15, -0.1) is 0 Å². The van der Waals surface area contributed by atoms with Gasteiger partial charge in [0.2, 0.25) is 0 Å². The van der Waals surface area contributed by atoms with Crippen LogP contribution in [0.3, 0.4) is 0 Å². The minimum atomic E-state index is -1.82. The van der Waals surface area contributed by atoms with Gasteiger partial charge in [0.25, 0.3) is 0 Å². The molecule has 1 saturated carbocycles. The second-order valence-electron chi connectivity index (χ2n) is 7.08. The van der Waals surface area contributed by atoms with E-state index in [1.54, 1.807) is 24.3 Å². The summed E-state index contributed by atoms with van der Waals surface area (Å²) in [4.78, 5) is 14.4. The van der Waals surface area contributed by atoms with Crippen LogP contribution in [0.15, 0.2) is 30.3 Å². The van der Waals surface area contributed by atoms with E-state index >= 15 is 0 Å². The average Bonchev–Trinajstić information content (AvgIpc) is 3.17. The van der Waals surface area contributed by atoms with Gasteiger partial charge in [-0.3, -0.25) is 0 Å². The van der Waals surface area contributed by atoms with Crippen molar-refractivity contribution in [2.24, 2.45) is 5.41 Å². The summed E-state index contributed by atoms with van der Waals surface area (Å²) >= 11 is 0. The standard InChI is InChI=1S/C18H25NO3/c1-17(10-9-15(13-17)19-11-5-6-12-19)18(22,16(20)21)14-7-3-2-4-8-14/h2-4,7-8,15,22H,5-6,9-13H2,1H3,(H,20,21)/t15-,17?,18-/m0/s1. The Morgan fingerprint density at radius 2 is 1.91 bits per heavy atom. The quantitative estimate of drug-likeness (QED) is 0.897. The molecule has 0 bridgehead atoms. The predicted octanol–water partition coefficient (Wildman–Crippen LogP) is 2.61. The van der Waals surface area contributed by atoms with Crippen molar-refractivity contribution in [3.8, 4) is 0 Å². The van der Waals surface area contributed by atoms with Crippen molar-refractivity contribution in [1.29, 1.82) is 0 Å². The second kappa shape index (κ2) is 5.67. The van der Waals surface area contributed by atoms with Gasteiger partial charge in [0.15, 0.2) is 5.60 Å². The highest BCUT2D eigenvalue weighted by Gasteiger charge is 2.57. The second-order valence-corrected chi connectivity index (χ2v) is 7.08. The maximum Gasteiger partial charge on any atom is 0.340 e. The van der Waals surface area contributed by atoms with Crippen LogP contribution in [0.25, 0.3) is 0 Å². The Kier molecular flexibility index (Phi) is 4.00. The maximum absolute atomic E-state index is 12.0. The summed E-state index contributed by atoms with van der Waals surface area (Å²) in [5.74, 6) is -1.14. The van der Waals surface area contributed by atoms with E-state index in [1.807, 2.05) is 13.0 Å². The predicted molar refractivity (Wildman–Crippen MR) is 84.5 cm³/mol. The van der Waals surface area contributed by atoms with E-state index in [0.717, 1.165) is 32.4 Å². The molecule has 2 N–H and O–H groups in total. The van der Waals surface area contributed by atoms with Gasteiger partial charge in [0.1, 0.15) is 0 Å². The molecular weight excluding hydrogens is 278 g/mol. The third-order valence-electron chi connectivity index (χ3n) is 5.75. The minimum Gasteiger partial charge on any atom is -0.479 e. The zero-order chi connectivity index (χ0) is 15.8. The van der Waals surface area contributed by atoms with E-state index in [4.69, 9.17) is 0 Å². The number of nitrogens with zero attached hydrogens (tertiary/aromatic N) is 1. The van der Waals surface area contributed by atoms with Gasteiger partial charge in [-0.2, -0.15) is 0 Å². The first-order valence-electron chi connectivity index (χ1n) is 8.23. The number of carboxylic acids is 1. The van der Waals surface area contributed by atoms with Gasteiger partial charge in [0, 0.05) is 11.5 Å². The van der Waals surface area contributed by atoms with E-state index in [-0.39, 0.29) is 0 Å². The molecule has 0 spiro atoms. The van der Waals surface area contributed by atoms with Crippen molar-refractivity contribution in [2.45, 2.75) is 50.7 Å². The highest BCUT2D eigenvalue weighted by atomic mass is 16.4. The Hall–Kier alpha value is -1.39. The fourth-order valence-corrected chi connectivity index (χ4v) is 4.37. The summed E-state index contributed by atoms with van der Waals surface area (Å²) in [5.41, 5.74) is -1.96. The van der Waals surface area contributed by atoms with Crippen LogP contribution in [0.2, 0.25) is 0 Å². The largest absolute Gasteiger partial charge is 0.479 e. The number of hydrogen-bond donors (Lipinski definition) is 2. The summed E-state index contributed by atoms with van der Waals surface area (Å²) in [6, 6.07) is 9.28. The van der Waals surface area contributed by atoms with E-state index < -0.39 is 17.0 Å². The molecule has 1 aromatic carbocycles. The lowest BCUT2D eigenvalue weighted by Crippen LogP contribution is -2.49. The molecule has 2 aliphatic rings. The fourth-order valence-electron chi connectivity index (χ4n) is 4.37. The number of carbonyl (C=O) groups is 1. The number of hydrogen-bond acceptors (Lipinski definition) is 3. The first-order chi connectivity index (χ1) is 10.5. The van der Waals surface area contributed by atoms with Gasteiger partial charge in [-0.1, -0.05) is 37.3 Å². The molecule has 1 aromatic rings. The van der Waals surface area contributed by atoms with Crippen LogP contribution in [0.4, 0.5) is 0 Å². The number of benzene rings is 1. The Balaban J connectivity index is 1.90. The van der Waals surface area contributed by atoms with Crippen LogP contribution in [0.5, 0.6) is 0 Å². The van der Waals surface area contributed by atoms with Gasteiger partial charge >= 0.3 is 5.97 Å². The van der Waals surface area contributed by atoms with Crippen LogP contribution in [-0.4, -0.2) is 40.2 Å². The first-order valence-corrected chi connectivity index (χ1v) is 8.23. The molecule has 0 radical (unpaired) electrons. The summed E-state index contributed by atoms with van der Waals surface area (Å²) in [6.45, 7) is 4.15. The van der Waals surface area contributed by atoms with Gasteiger partial charge in [0.05, 0.1) is 0 Å². The van der Waals surface area contributed by atoms with Crippen LogP contribution in [0, 0.1) is 5.41 Å². The zero-order valence-corrected chi connectivity index (χ0v) is 13.2. The SMILES string of the molecule is CC1([C@@](O)(C(=O)O)c2ccccc2)CC[C@H](N2CCCC2)C1. The summed E-state index contributed by atoms with van der Waals surface area (Å²) in [5, 5.41) is 21.0. The lowest BCUT2D eigenvalue weighted by atomic mass is 9.68. The lowest BCUT2D eigenvalue weighted by molar-refractivity contribution is -0.177. The molecule has 1 aliphatic carbocycles. The molecule has 1 unspecified atom stereocenters. The minimum absolute atomic E-state index is 0.405. The molecule has 3 atom stereocenters. The lowest BCUT2D eigenvalue weighted by Gasteiger charge is -2.40. The third-order valence-corrected chi connectivity index (χ3v) is 5.75. The van der Waals surface area contributed by atoms with Gasteiger partial charge in [-0.05, 0) is 50.8 Å². The summed E-state index contributed by atoms with van der Waals surface area (Å²) in [6.07, 6.45) is 4.92. The van der Waals surface area contributed by atoms with Crippen molar-refractivity contribution in [2.75, 3.05) is 13.1 Å². The van der Waals surface area contributed by atoms with Crippen molar-refractivity contribution in [3.63, 3.8) is 0 Å². The molecule has 1 aliphatic heterocycles. The topological polar surface area (TPSA) is 60.8 Å². The first kappa shape index (κ1) is 15.5. The van der Waals surface area contributed by atoms with Crippen molar-refractivity contribution in [1.82, 2.24) is 4.90 Å². The Labute approximate surface area is 131 Å². The van der Waals surface area contributed by atoms with Crippen molar-refractivity contribution >= 4 is 5.97 Å². The normalized spacial score (nSPS) is 32.0. The van der Waals surface area contributed by atoms with Gasteiger partial charge in [-0.25, -0.2) is 4.79 Å². The Morgan fingerprint density at radius 3 is 2.50 bits per heavy atom. The van der Waals surface area contributed by atoms with E-state index in [0.29, 0.717) is 11.6 Å². The maximum atomic E-state index is 12.0. The number of carboxylic acid groups (broad SMARTS) is 1. The van der Waals surface area contributed by atoms with Crippen LogP contribution in [-0.2, 0) is 10.4 Å². The summed E-state index contributed by atoms with van der Waals surface area (Å²) < 4.78 is 0. The zero-order valence-electron chi connectivity index (χ0n) is 13.2. The summed E-state index contributed by atoms with van der Waals surface area (Å²) in [7, 11) is 0. The molecule has 0 aromatic heterocycles. The average molecular weight is 303 g/mol. The van der Waals surface area contributed by atoms with Crippen LogP contribution < -0.4 is 0 Å². The molecule has 3 rings (SSSR count). The van der Waals surface area contributed by atoms with Crippen molar-refractivity contribution < 1.29 is 15.0 Å². The Morgan fingerprint density at radius 1 is 1.27 bits per heavy atom. The number of likely N-dealkylation sites (tertiary alicyclic amines) is 1. The van der Waals surface area contributed by atoms with Crippen molar-refractivity contribution in [3.05, 3.63) is 35.9 Å². The molecule has 4 nitrogen and oxygen atoms in total. The van der Waals surface area contributed by atoms with Crippen LogP contribution >= 0.6 is 0 Å².